The van der Waals surface area contributed by atoms with Gasteiger partial charge in [-0.2, -0.15) is 5.10 Å². The molecule has 0 aliphatic heterocycles. The SMILES string of the molecule is Cc1ccn(-c2ccccc2NC(=O)N(C)[C@@H](C)C[S@@](C)=O)n1. The Balaban J connectivity index is 2.17. The first-order valence-corrected chi connectivity index (χ1v) is 9.06. The van der Waals surface area contributed by atoms with E-state index in [9.17, 15) is 9.00 Å². The van der Waals surface area contributed by atoms with Gasteiger partial charge < -0.3 is 10.2 Å². The van der Waals surface area contributed by atoms with E-state index in [1.807, 2.05) is 50.4 Å². The maximum atomic E-state index is 12.4. The van der Waals surface area contributed by atoms with Crippen LogP contribution >= 0.6 is 0 Å². The van der Waals surface area contributed by atoms with Gasteiger partial charge in [-0.1, -0.05) is 12.1 Å². The van der Waals surface area contributed by atoms with E-state index in [1.54, 1.807) is 22.9 Å². The molecular formula is C16H22N4O2S. The molecule has 0 radical (unpaired) electrons. The number of amides is 2. The lowest BCUT2D eigenvalue weighted by atomic mass is 10.2. The Morgan fingerprint density at radius 3 is 2.70 bits per heavy atom. The number of anilines is 1. The molecule has 0 spiro atoms. The highest BCUT2D eigenvalue weighted by Gasteiger charge is 2.18. The van der Waals surface area contributed by atoms with Crippen LogP contribution in [0.2, 0.25) is 0 Å². The van der Waals surface area contributed by atoms with Gasteiger partial charge in [0.25, 0.3) is 0 Å². The van der Waals surface area contributed by atoms with E-state index >= 15 is 0 Å². The van der Waals surface area contributed by atoms with Crippen LogP contribution in [-0.4, -0.2) is 50.0 Å². The first kappa shape index (κ1) is 17.2. The summed E-state index contributed by atoms with van der Waals surface area (Å²) in [6.45, 7) is 3.79. The summed E-state index contributed by atoms with van der Waals surface area (Å²) in [6.07, 6.45) is 3.49. The molecule has 1 aromatic heterocycles. The molecule has 0 aliphatic rings. The highest BCUT2D eigenvalue weighted by atomic mass is 32.2. The van der Waals surface area contributed by atoms with Crippen LogP contribution in [0.5, 0.6) is 0 Å². The van der Waals surface area contributed by atoms with Crippen LogP contribution in [0.1, 0.15) is 12.6 Å². The Morgan fingerprint density at radius 1 is 1.39 bits per heavy atom. The summed E-state index contributed by atoms with van der Waals surface area (Å²) in [5, 5.41) is 7.28. The number of urea groups is 1. The lowest BCUT2D eigenvalue weighted by molar-refractivity contribution is 0.212. The summed E-state index contributed by atoms with van der Waals surface area (Å²) >= 11 is 0. The molecule has 1 aromatic carbocycles. The van der Waals surface area contributed by atoms with Crippen molar-refractivity contribution in [3.8, 4) is 5.69 Å². The Morgan fingerprint density at radius 2 is 2.09 bits per heavy atom. The van der Waals surface area contributed by atoms with E-state index in [4.69, 9.17) is 0 Å². The van der Waals surface area contributed by atoms with Gasteiger partial charge in [0.2, 0.25) is 0 Å². The van der Waals surface area contributed by atoms with Crippen LogP contribution in [0, 0.1) is 6.92 Å². The molecule has 23 heavy (non-hydrogen) atoms. The molecule has 6 nitrogen and oxygen atoms in total. The lowest BCUT2D eigenvalue weighted by Crippen LogP contribution is -2.41. The zero-order valence-electron chi connectivity index (χ0n) is 13.8. The number of hydrogen-bond donors (Lipinski definition) is 1. The molecule has 7 heteroatoms. The average molecular weight is 334 g/mol. The smallest absolute Gasteiger partial charge is 0.321 e. The number of para-hydroxylation sites is 2. The van der Waals surface area contributed by atoms with Gasteiger partial charge in [-0.15, -0.1) is 0 Å². The Labute approximate surface area is 138 Å². The fourth-order valence-corrected chi connectivity index (χ4v) is 3.09. The second-order valence-corrected chi connectivity index (χ2v) is 7.03. The van der Waals surface area contributed by atoms with Gasteiger partial charge in [0.1, 0.15) is 0 Å². The Hall–Kier alpha value is -2.15. The van der Waals surface area contributed by atoms with E-state index in [0.717, 1.165) is 11.4 Å². The third-order valence-electron chi connectivity index (χ3n) is 3.57. The van der Waals surface area contributed by atoms with E-state index in [1.165, 1.54) is 0 Å². The molecule has 0 aliphatic carbocycles. The average Bonchev–Trinajstić information content (AvgIpc) is 2.92. The van der Waals surface area contributed by atoms with E-state index < -0.39 is 10.8 Å². The molecule has 124 valence electrons. The minimum absolute atomic E-state index is 0.111. The Kier molecular flexibility index (Phi) is 5.54. The number of carbonyl (C=O) groups excluding carboxylic acids is 1. The van der Waals surface area contributed by atoms with Crippen molar-refractivity contribution in [1.82, 2.24) is 14.7 Å². The number of rotatable bonds is 5. The summed E-state index contributed by atoms with van der Waals surface area (Å²) in [5.74, 6) is 0.448. The lowest BCUT2D eigenvalue weighted by Gasteiger charge is -2.25. The summed E-state index contributed by atoms with van der Waals surface area (Å²) < 4.78 is 13.1. The standard InChI is InChI=1S/C16H22N4O2S/c1-12-9-10-20(18-12)15-8-6-5-7-14(15)17-16(21)19(3)13(2)11-23(4)22/h5-10,13H,11H2,1-4H3,(H,17,21)/t13-,23+/m0/s1. The molecule has 2 aromatic rings. The molecule has 2 atom stereocenters. The van der Waals surface area contributed by atoms with Gasteiger partial charge in [0.15, 0.2) is 0 Å². The normalized spacial score (nSPS) is 13.4. The molecule has 2 rings (SSSR count). The predicted molar refractivity (Wildman–Crippen MR) is 93.5 cm³/mol. The summed E-state index contributed by atoms with van der Waals surface area (Å²) in [4.78, 5) is 14.0. The molecule has 1 heterocycles. The van der Waals surface area contributed by atoms with Gasteiger partial charge in [0, 0.05) is 42.1 Å². The maximum Gasteiger partial charge on any atom is 0.321 e. The van der Waals surface area contributed by atoms with Crippen LogP contribution in [0.25, 0.3) is 5.69 Å². The van der Waals surface area contributed by atoms with Gasteiger partial charge in [-0.25, -0.2) is 9.48 Å². The number of benzene rings is 1. The fourth-order valence-electron chi connectivity index (χ4n) is 2.18. The molecular weight excluding hydrogens is 312 g/mol. The van der Waals surface area contributed by atoms with Crippen LogP contribution in [0.15, 0.2) is 36.5 Å². The minimum atomic E-state index is -0.946. The van der Waals surface area contributed by atoms with E-state index in [0.29, 0.717) is 11.4 Å². The zero-order chi connectivity index (χ0) is 17.0. The van der Waals surface area contributed by atoms with Gasteiger partial charge in [0.05, 0.1) is 17.1 Å². The molecule has 0 bridgehead atoms. The second-order valence-electron chi connectivity index (χ2n) is 5.55. The number of hydrogen-bond acceptors (Lipinski definition) is 3. The van der Waals surface area contributed by atoms with Crippen molar-refractivity contribution in [3.63, 3.8) is 0 Å². The van der Waals surface area contributed by atoms with Crippen LogP contribution in [-0.2, 0) is 10.8 Å². The summed E-state index contributed by atoms with van der Waals surface area (Å²) in [7, 11) is 0.756. The zero-order valence-corrected chi connectivity index (χ0v) is 14.6. The molecule has 2 amide bonds. The largest absolute Gasteiger partial charge is 0.324 e. The van der Waals surface area contributed by atoms with Gasteiger partial charge in [-0.3, -0.25) is 4.21 Å². The van der Waals surface area contributed by atoms with Crippen molar-refractivity contribution in [2.75, 3.05) is 24.4 Å². The number of nitrogens with one attached hydrogen (secondary N) is 1. The molecule has 1 N–H and O–H groups in total. The third kappa shape index (κ3) is 4.41. The predicted octanol–water partition coefficient (Wildman–Crippen LogP) is 2.41. The second kappa shape index (κ2) is 7.41. The maximum absolute atomic E-state index is 12.4. The number of aromatic nitrogens is 2. The summed E-state index contributed by atoms with van der Waals surface area (Å²) in [5.41, 5.74) is 2.38. The molecule has 0 unspecified atom stereocenters. The van der Waals surface area contributed by atoms with E-state index in [-0.39, 0.29) is 12.1 Å². The monoisotopic (exact) mass is 334 g/mol. The first-order chi connectivity index (χ1) is 10.9. The minimum Gasteiger partial charge on any atom is -0.324 e. The van der Waals surface area contributed by atoms with Crippen molar-refractivity contribution in [2.24, 2.45) is 0 Å². The Bertz CT molecular complexity index is 714. The topological polar surface area (TPSA) is 67.2 Å². The van der Waals surface area contributed by atoms with Crippen molar-refractivity contribution < 1.29 is 9.00 Å². The van der Waals surface area contributed by atoms with Crippen LogP contribution in [0.3, 0.4) is 0 Å². The number of aryl methyl sites for hydroxylation is 1. The quantitative estimate of drug-likeness (QED) is 0.913. The van der Waals surface area contributed by atoms with Crippen LogP contribution < -0.4 is 5.32 Å². The van der Waals surface area contributed by atoms with Crippen molar-refractivity contribution in [2.45, 2.75) is 19.9 Å². The first-order valence-electron chi connectivity index (χ1n) is 7.34. The highest BCUT2D eigenvalue weighted by molar-refractivity contribution is 7.84. The molecule has 0 saturated carbocycles. The van der Waals surface area contributed by atoms with Crippen molar-refractivity contribution in [3.05, 3.63) is 42.2 Å². The van der Waals surface area contributed by atoms with E-state index in [2.05, 4.69) is 10.4 Å². The molecule has 0 saturated heterocycles. The van der Waals surface area contributed by atoms with Crippen LogP contribution in [0.4, 0.5) is 10.5 Å². The van der Waals surface area contributed by atoms with Crippen molar-refractivity contribution in [1.29, 1.82) is 0 Å². The molecule has 0 fully saturated rings. The third-order valence-corrected chi connectivity index (χ3v) is 4.52. The summed E-state index contributed by atoms with van der Waals surface area (Å²) in [6, 6.07) is 9.05. The highest BCUT2D eigenvalue weighted by Crippen LogP contribution is 2.20. The van der Waals surface area contributed by atoms with Crippen molar-refractivity contribution >= 4 is 22.5 Å². The fraction of sp³-hybridized carbons (Fsp3) is 0.375. The number of nitrogens with zero attached hydrogens (tertiary/aromatic N) is 3. The van der Waals surface area contributed by atoms with Gasteiger partial charge >= 0.3 is 6.03 Å². The van der Waals surface area contributed by atoms with Gasteiger partial charge in [-0.05, 0) is 32.0 Å². The number of carbonyl (C=O) groups is 1.